The summed E-state index contributed by atoms with van der Waals surface area (Å²) in [4.78, 5) is 48.3. The minimum atomic E-state index is -1.31. The van der Waals surface area contributed by atoms with Crippen molar-refractivity contribution in [3.05, 3.63) is 39.9 Å². The molecule has 0 bridgehead atoms. The van der Waals surface area contributed by atoms with Gasteiger partial charge in [0.25, 0.3) is 0 Å². The van der Waals surface area contributed by atoms with Crippen LogP contribution in [0.1, 0.15) is 42.1 Å². The second kappa shape index (κ2) is 8.55. The van der Waals surface area contributed by atoms with Crippen LogP contribution in [0.25, 0.3) is 16.2 Å². The smallest absolute Gasteiger partial charge is 0.341 e. The van der Waals surface area contributed by atoms with Gasteiger partial charge < -0.3 is 14.7 Å². The Balaban J connectivity index is 1.42. The number of fused-ring (bicyclic) bond motifs is 1. The van der Waals surface area contributed by atoms with E-state index in [0.29, 0.717) is 54.9 Å². The van der Waals surface area contributed by atoms with Crippen LogP contribution in [0.5, 0.6) is 0 Å². The van der Waals surface area contributed by atoms with Crippen LogP contribution in [0, 0.1) is 18.3 Å². The van der Waals surface area contributed by atoms with Crippen molar-refractivity contribution in [3.63, 3.8) is 0 Å². The van der Waals surface area contributed by atoms with Crippen LogP contribution in [0.4, 0.5) is 5.82 Å². The number of hydrogen-bond acceptors (Lipinski definition) is 9. The van der Waals surface area contributed by atoms with Gasteiger partial charge in [-0.2, -0.15) is 4.37 Å². The molecule has 0 unspecified atom stereocenters. The molecule has 2 aliphatic rings. The summed E-state index contributed by atoms with van der Waals surface area (Å²) in [6.07, 6.45) is 5.26. The summed E-state index contributed by atoms with van der Waals surface area (Å²) >= 11 is 1.08. The molecule has 178 valence electrons. The van der Waals surface area contributed by atoms with Gasteiger partial charge in [0.1, 0.15) is 23.5 Å². The predicted octanol–water partition coefficient (Wildman–Crippen LogP) is 2.46. The van der Waals surface area contributed by atoms with Crippen LogP contribution < -0.4 is 10.3 Å². The van der Waals surface area contributed by atoms with Gasteiger partial charge in [0.05, 0.1) is 17.9 Å². The molecule has 1 N–H and O–H groups in total. The number of nitrogens with zero attached hydrogens (tertiary/aromatic N) is 5. The first-order valence-corrected chi connectivity index (χ1v) is 12.0. The molecule has 1 saturated heterocycles. The summed E-state index contributed by atoms with van der Waals surface area (Å²) in [5, 5.41) is 10.2. The van der Waals surface area contributed by atoms with E-state index in [1.165, 1.54) is 17.1 Å². The minimum absolute atomic E-state index is 0.0327. The normalized spacial score (nSPS) is 17.1. The number of Topliss-reactive ketones (excluding diaryl/α,β-unsaturated/α-hetero) is 1. The summed E-state index contributed by atoms with van der Waals surface area (Å²) in [7, 11) is 0. The van der Waals surface area contributed by atoms with E-state index in [-0.39, 0.29) is 28.1 Å². The molecule has 2 fully saturated rings. The molecule has 4 heterocycles. The van der Waals surface area contributed by atoms with Gasteiger partial charge in [0.2, 0.25) is 10.6 Å². The molecule has 3 aromatic rings. The number of carboxylic acid groups (broad SMARTS) is 1. The van der Waals surface area contributed by atoms with Gasteiger partial charge in [-0.1, -0.05) is 0 Å². The topological polar surface area (TPSA) is 128 Å². The SMILES string of the molecule is CCOCC1(CC(=O)C2CN(c3cc(C)c4c(=O)c(C(=O)O)cn(-c5ncns5)c4n3)C2)CC1. The molecule has 34 heavy (non-hydrogen) atoms. The number of hydrogen-bond donors (Lipinski definition) is 1. The molecule has 0 aromatic carbocycles. The number of carboxylic acids is 1. The van der Waals surface area contributed by atoms with Gasteiger partial charge in [-0.3, -0.25) is 14.2 Å². The van der Waals surface area contributed by atoms with E-state index in [4.69, 9.17) is 9.72 Å². The Hall–Kier alpha value is -3.18. The first-order chi connectivity index (χ1) is 16.3. The van der Waals surface area contributed by atoms with Crippen molar-refractivity contribution >= 4 is 40.1 Å². The average molecular weight is 484 g/mol. The van der Waals surface area contributed by atoms with E-state index in [9.17, 15) is 19.5 Å². The zero-order chi connectivity index (χ0) is 24.0. The lowest BCUT2D eigenvalue weighted by atomic mass is 9.87. The molecule has 1 saturated carbocycles. The number of carbonyl (C=O) groups is 2. The Morgan fingerprint density at radius 3 is 2.71 bits per heavy atom. The molecule has 10 nitrogen and oxygen atoms in total. The molecule has 0 atom stereocenters. The molecule has 5 rings (SSSR count). The van der Waals surface area contributed by atoms with E-state index in [0.717, 1.165) is 24.4 Å². The summed E-state index contributed by atoms with van der Waals surface area (Å²) in [5.41, 5.74) is 0.0433. The van der Waals surface area contributed by atoms with Crippen molar-refractivity contribution in [2.45, 2.75) is 33.1 Å². The third kappa shape index (κ3) is 3.98. The largest absolute Gasteiger partial charge is 0.477 e. The van der Waals surface area contributed by atoms with Crippen molar-refractivity contribution in [1.29, 1.82) is 0 Å². The Morgan fingerprint density at radius 1 is 1.32 bits per heavy atom. The van der Waals surface area contributed by atoms with Gasteiger partial charge in [-0.15, -0.1) is 0 Å². The first kappa shape index (κ1) is 22.6. The third-order valence-corrected chi connectivity index (χ3v) is 7.37. The summed E-state index contributed by atoms with van der Waals surface area (Å²) in [6, 6.07) is 1.78. The van der Waals surface area contributed by atoms with Crippen LogP contribution in [-0.4, -0.2) is 62.1 Å². The minimum Gasteiger partial charge on any atom is -0.477 e. The Bertz CT molecular complexity index is 1330. The first-order valence-electron chi connectivity index (χ1n) is 11.2. The van der Waals surface area contributed by atoms with E-state index in [1.807, 2.05) is 11.8 Å². The highest BCUT2D eigenvalue weighted by atomic mass is 32.1. The van der Waals surface area contributed by atoms with Gasteiger partial charge in [0.15, 0.2) is 5.65 Å². The Labute approximate surface area is 199 Å². The lowest BCUT2D eigenvalue weighted by molar-refractivity contribution is -0.125. The molecule has 1 aliphatic carbocycles. The number of carbonyl (C=O) groups excluding carboxylic acids is 1. The molecule has 0 radical (unpaired) electrons. The molecule has 1 aliphatic heterocycles. The van der Waals surface area contributed by atoms with Crippen LogP contribution in [0.2, 0.25) is 0 Å². The maximum absolute atomic E-state index is 12.9. The fourth-order valence-corrected chi connectivity index (χ4v) is 4.97. The van der Waals surface area contributed by atoms with Gasteiger partial charge in [-0.25, -0.2) is 14.8 Å². The van der Waals surface area contributed by atoms with Crippen LogP contribution in [-0.2, 0) is 9.53 Å². The second-order valence-corrected chi connectivity index (χ2v) is 9.91. The van der Waals surface area contributed by atoms with Gasteiger partial charge >= 0.3 is 5.97 Å². The van der Waals surface area contributed by atoms with E-state index < -0.39 is 11.4 Å². The number of aromatic nitrogens is 4. The quantitative estimate of drug-likeness (QED) is 0.488. The summed E-state index contributed by atoms with van der Waals surface area (Å²) in [5.74, 6) is -0.444. The number of ether oxygens (including phenoxy) is 1. The highest BCUT2D eigenvalue weighted by molar-refractivity contribution is 7.08. The highest BCUT2D eigenvalue weighted by Crippen LogP contribution is 2.50. The fraction of sp³-hybridized carbons (Fsp3) is 0.478. The maximum Gasteiger partial charge on any atom is 0.341 e. The van der Waals surface area contributed by atoms with E-state index in [1.54, 1.807) is 13.0 Å². The Morgan fingerprint density at radius 2 is 2.09 bits per heavy atom. The van der Waals surface area contributed by atoms with Crippen LogP contribution in [0.3, 0.4) is 0 Å². The maximum atomic E-state index is 12.9. The number of ketones is 1. The van der Waals surface area contributed by atoms with Crippen molar-refractivity contribution in [2.24, 2.45) is 11.3 Å². The zero-order valence-electron chi connectivity index (χ0n) is 19.0. The van der Waals surface area contributed by atoms with Crippen molar-refractivity contribution in [3.8, 4) is 5.13 Å². The molecular formula is C23H25N5O5S. The molecule has 0 amide bonds. The van der Waals surface area contributed by atoms with Crippen LogP contribution in [0.15, 0.2) is 23.4 Å². The number of pyridine rings is 2. The lowest BCUT2D eigenvalue weighted by Crippen LogP contribution is -2.51. The predicted molar refractivity (Wildman–Crippen MR) is 126 cm³/mol. The molecule has 11 heteroatoms. The van der Waals surface area contributed by atoms with E-state index in [2.05, 4.69) is 9.36 Å². The third-order valence-electron chi connectivity index (χ3n) is 6.71. The summed E-state index contributed by atoms with van der Waals surface area (Å²) in [6.45, 7) is 6.18. The van der Waals surface area contributed by atoms with Gasteiger partial charge in [0, 0.05) is 49.3 Å². The standard InChI is InChI=1S/C23H25N5O5S/c1-3-33-11-23(4-5-23)7-16(29)14-8-27(9-14)17-6-13(2)18-19(30)15(21(31)32)10-28(20(18)26-17)22-24-12-25-34-22/h6,10,12,14H,3-5,7-9,11H2,1-2H3,(H,31,32). The van der Waals surface area contributed by atoms with Gasteiger partial charge in [-0.05, 0) is 38.3 Å². The molecular weight excluding hydrogens is 458 g/mol. The second-order valence-electron chi connectivity index (χ2n) is 9.15. The number of anilines is 1. The molecule has 3 aromatic heterocycles. The number of aromatic carboxylic acids is 1. The van der Waals surface area contributed by atoms with Crippen LogP contribution >= 0.6 is 11.5 Å². The summed E-state index contributed by atoms with van der Waals surface area (Å²) < 4.78 is 11.1. The highest BCUT2D eigenvalue weighted by Gasteiger charge is 2.47. The van der Waals surface area contributed by atoms with Crippen molar-refractivity contribution in [2.75, 3.05) is 31.2 Å². The van der Waals surface area contributed by atoms with Crippen molar-refractivity contribution in [1.82, 2.24) is 18.9 Å². The Kier molecular flexibility index (Phi) is 5.68. The number of aryl methyl sites for hydroxylation is 1. The number of rotatable bonds is 9. The van der Waals surface area contributed by atoms with Crippen molar-refractivity contribution < 1.29 is 19.4 Å². The fourth-order valence-electron chi connectivity index (χ4n) is 4.46. The molecule has 0 spiro atoms. The lowest BCUT2D eigenvalue weighted by Gasteiger charge is -2.40. The monoisotopic (exact) mass is 483 g/mol. The average Bonchev–Trinajstić information content (AvgIpc) is 3.29. The zero-order valence-corrected chi connectivity index (χ0v) is 19.8. The van der Waals surface area contributed by atoms with E-state index >= 15 is 0 Å².